The van der Waals surface area contributed by atoms with Crippen LogP contribution in [0, 0.1) is 12.7 Å². The van der Waals surface area contributed by atoms with Crippen molar-refractivity contribution in [2.24, 2.45) is 0 Å². The predicted octanol–water partition coefficient (Wildman–Crippen LogP) is 3.42. The summed E-state index contributed by atoms with van der Waals surface area (Å²) in [6.45, 7) is 7.76. The number of hydrogen-bond donors (Lipinski definition) is 2. The van der Waals surface area contributed by atoms with Crippen LogP contribution in [-0.4, -0.2) is 61.5 Å². The van der Waals surface area contributed by atoms with E-state index in [1.165, 1.54) is 18.2 Å². The summed E-state index contributed by atoms with van der Waals surface area (Å²) in [5, 5.41) is 0.538. The van der Waals surface area contributed by atoms with Gasteiger partial charge in [-0.25, -0.2) is 14.6 Å². The van der Waals surface area contributed by atoms with Crippen molar-refractivity contribution in [3.63, 3.8) is 0 Å². The Morgan fingerprint density at radius 3 is 2.44 bits per heavy atom. The first-order chi connectivity index (χ1) is 15.3. The highest BCUT2D eigenvalue weighted by Gasteiger charge is 2.27. The van der Waals surface area contributed by atoms with Gasteiger partial charge in [-0.2, -0.15) is 0 Å². The molecule has 172 valence electrons. The molecule has 0 spiro atoms. The van der Waals surface area contributed by atoms with Gasteiger partial charge in [-0.3, -0.25) is 15.1 Å². The van der Waals surface area contributed by atoms with Crippen LogP contribution in [0.15, 0.2) is 36.4 Å². The number of hydrazine groups is 1. The maximum absolute atomic E-state index is 14.9. The van der Waals surface area contributed by atoms with Crippen molar-refractivity contribution < 1.29 is 14.0 Å². The molecule has 0 aromatic heterocycles. The molecular formula is C23H29ClFN5O2. The molecule has 1 saturated heterocycles. The van der Waals surface area contributed by atoms with Gasteiger partial charge < -0.3 is 9.80 Å². The SMILES string of the molecule is CCN1CCN(C(=O)N(Cc2ccc(C(=O)NNC)cc2F)c2ccc(C)c(Cl)c2)CC1. The maximum atomic E-state index is 14.9. The van der Waals surface area contributed by atoms with Crippen molar-refractivity contribution in [1.82, 2.24) is 20.7 Å². The van der Waals surface area contributed by atoms with E-state index in [-0.39, 0.29) is 18.1 Å². The number of amides is 3. The first kappa shape index (κ1) is 24.0. The largest absolute Gasteiger partial charge is 0.324 e. The Balaban J connectivity index is 1.88. The van der Waals surface area contributed by atoms with Crippen molar-refractivity contribution in [2.45, 2.75) is 20.4 Å². The molecule has 1 aliphatic heterocycles. The van der Waals surface area contributed by atoms with Crippen LogP contribution in [0.25, 0.3) is 0 Å². The van der Waals surface area contributed by atoms with Gasteiger partial charge in [0, 0.05) is 55.1 Å². The molecule has 2 N–H and O–H groups in total. The molecule has 2 aromatic carbocycles. The van der Waals surface area contributed by atoms with E-state index in [4.69, 9.17) is 11.6 Å². The van der Waals surface area contributed by atoms with E-state index in [0.717, 1.165) is 25.2 Å². The second-order valence-corrected chi connectivity index (χ2v) is 8.14. The summed E-state index contributed by atoms with van der Waals surface area (Å²) in [5.41, 5.74) is 6.92. The lowest BCUT2D eigenvalue weighted by molar-refractivity contribution is 0.0937. The van der Waals surface area contributed by atoms with Gasteiger partial charge in [0.1, 0.15) is 5.82 Å². The number of nitrogens with one attached hydrogen (secondary N) is 2. The van der Waals surface area contributed by atoms with Crippen molar-refractivity contribution >= 4 is 29.2 Å². The summed E-state index contributed by atoms with van der Waals surface area (Å²) >= 11 is 6.32. The standard InChI is InChI=1S/C23H29ClFN5O2/c1-4-28-9-11-29(12-10-28)23(32)30(19-8-5-16(2)20(24)14-19)15-18-7-6-17(13-21(18)25)22(31)27-26-3/h5-8,13-14,26H,4,9-12,15H2,1-3H3,(H,27,31). The van der Waals surface area contributed by atoms with Gasteiger partial charge >= 0.3 is 6.03 Å². The van der Waals surface area contributed by atoms with Gasteiger partial charge in [0.2, 0.25) is 0 Å². The lowest BCUT2D eigenvalue weighted by atomic mass is 10.1. The molecule has 0 bridgehead atoms. The quantitative estimate of drug-likeness (QED) is 0.647. The molecule has 0 radical (unpaired) electrons. The third-order valence-electron chi connectivity index (χ3n) is 5.67. The van der Waals surface area contributed by atoms with Gasteiger partial charge in [-0.15, -0.1) is 0 Å². The fourth-order valence-corrected chi connectivity index (χ4v) is 3.79. The van der Waals surface area contributed by atoms with E-state index in [1.807, 2.05) is 19.1 Å². The molecule has 0 saturated carbocycles. The van der Waals surface area contributed by atoms with E-state index in [0.29, 0.717) is 29.4 Å². The van der Waals surface area contributed by atoms with Gasteiger partial charge in [0.05, 0.1) is 6.54 Å². The Kier molecular flexibility index (Phi) is 8.06. The molecule has 0 atom stereocenters. The van der Waals surface area contributed by atoms with Gasteiger partial charge in [-0.05, 0) is 43.3 Å². The summed E-state index contributed by atoms with van der Waals surface area (Å²) < 4.78 is 14.9. The number of rotatable bonds is 6. The number of carbonyl (C=O) groups is 2. The van der Waals surface area contributed by atoms with E-state index in [9.17, 15) is 14.0 Å². The number of likely N-dealkylation sites (N-methyl/N-ethyl adjacent to an activating group) is 1. The molecule has 3 rings (SSSR count). The number of carbonyl (C=O) groups excluding carboxylic acids is 2. The second kappa shape index (κ2) is 10.8. The zero-order chi connectivity index (χ0) is 23.3. The molecular weight excluding hydrogens is 433 g/mol. The molecule has 1 fully saturated rings. The summed E-state index contributed by atoms with van der Waals surface area (Å²) in [5.74, 6) is -0.995. The molecule has 7 nitrogen and oxygen atoms in total. The summed E-state index contributed by atoms with van der Waals surface area (Å²) in [6.07, 6.45) is 0. The van der Waals surface area contributed by atoms with E-state index >= 15 is 0 Å². The highest BCUT2D eigenvalue weighted by molar-refractivity contribution is 6.31. The smallest absolute Gasteiger partial charge is 0.322 e. The first-order valence-electron chi connectivity index (χ1n) is 10.6. The van der Waals surface area contributed by atoms with Crippen LogP contribution in [0.2, 0.25) is 5.02 Å². The highest BCUT2D eigenvalue weighted by Crippen LogP contribution is 2.27. The Bertz CT molecular complexity index is 979. The maximum Gasteiger partial charge on any atom is 0.324 e. The Morgan fingerprint density at radius 2 is 1.84 bits per heavy atom. The van der Waals surface area contributed by atoms with Crippen molar-refractivity contribution in [1.29, 1.82) is 0 Å². The normalized spacial score (nSPS) is 14.3. The van der Waals surface area contributed by atoms with E-state index in [1.54, 1.807) is 22.9 Å². The van der Waals surface area contributed by atoms with Crippen LogP contribution >= 0.6 is 11.6 Å². The van der Waals surface area contributed by atoms with Crippen LogP contribution in [0.4, 0.5) is 14.9 Å². The van der Waals surface area contributed by atoms with Crippen molar-refractivity contribution in [3.05, 3.63) is 63.9 Å². The molecule has 2 aromatic rings. The fourth-order valence-electron chi connectivity index (χ4n) is 3.62. The number of halogens is 2. The minimum absolute atomic E-state index is 0.0198. The average molecular weight is 462 g/mol. The molecule has 3 amide bonds. The Morgan fingerprint density at radius 1 is 1.12 bits per heavy atom. The van der Waals surface area contributed by atoms with Crippen LogP contribution in [0.3, 0.4) is 0 Å². The number of urea groups is 1. The predicted molar refractivity (Wildman–Crippen MR) is 124 cm³/mol. The lowest BCUT2D eigenvalue weighted by Gasteiger charge is -2.37. The Hall–Kier alpha value is -2.68. The average Bonchev–Trinajstić information content (AvgIpc) is 2.80. The van der Waals surface area contributed by atoms with Crippen molar-refractivity contribution in [2.75, 3.05) is 44.7 Å². The van der Waals surface area contributed by atoms with Crippen LogP contribution in [0.1, 0.15) is 28.4 Å². The lowest BCUT2D eigenvalue weighted by Crippen LogP contribution is -2.52. The summed E-state index contributed by atoms with van der Waals surface area (Å²) in [6, 6.07) is 9.43. The van der Waals surface area contributed by atoms with Crippen LogP contribution in [-0.2, 0) is 6.54 Å². The minimum Gasteiger partial charge on any atom is -0.322 e. The number of nitrogens with zero attached hydrogens (tertiary/aromatic N) is 3. The summed E-state index contributed by atoms with van der Waals surface area (Å²) in [4.78, 5) is 31.0. The van der Waals surface area contributed by atoms with Crippen LogP contribution < -0.4 is 15.8 Å². The van der Waals surface area contributed by atoms with Crippen LogP contribution in [0.5, 0.6) is 0 Å². The zero-order valence-corrected chi connectivity index (χ0v) is 19.4. The minimum atomic E-state index is -0.555. The first-order valence-corrected chi connectivity index (χ1v) is 11.0. The molecule has 1 heterocycles. The third kappa shape index (κ3) is 5.56. The van der Waals surface area contributed by atoms with E-state index < -0.39 is 11.7 Å². The topological polar surface area (TPSA) is 67.9 Å². The molecule has 32 heavy (non-hydrogen) atoms. The van der Waals surface area contributed by atoms with Crippen molar-refractivity contribution in [3.8, 4) is 0 Å². The zero-order valence-electron chi connectivity index (χ0n) is 18.6. The van der Waals surface area contributed by atoms with Gasteiger partial charge in [-0.1, -0.05) is 30.7 Å². The molecule has 1 aliphatic rings. The third-order valence-corrected chi connectivity index (χ3v) is 6.08. The highest BCUT2D eigenvalue weighted by atomic mass is 35.5. The summed E-state index contributed by atoms with van der Waals surface area (Å²) in [7, 11) is 1.55. The number of hydrogen-bond acceptors (Lipinski definition) is 4. The number of piperazine rings is 1. The van der Waals surface area contributed by atoms with Gasteiger partial charge in [0.15, 0.2) is 0 Å². The number of anilines is 1. The van der Waals surface area contributed by atoms with E-state index in [2.05, 4.69) is 22.7 Å². The monoisotopic (exact) mass is 461 g/mol. The van der Waals surface area contributed by atoms with Gasteiger partial charge in [0.25, 0.3) is 5.91 Å². The molecule has 0 aliphatic carbocycles. The fraction of sp³-hybridized carbons (Fsp3) is 0.391. The molecule has 0 unspecified atom stereocenters. The number of benzene rings is 2. The number of aryl methyl sites for hydroxylation is 1. The molecule has 9 heteroatoms. The Labute approximate surface area is 193 Å². The second-order valence-electron chi connectivity index (χ2n) is 7.73.